The van der Waals surface area contributed by atoms with E-state index in [1.807, 2.05) is 0 Å². The molecule has 0 radical (unpaired) electrons. The van der Waals surface area contributed by atoms with E-state index in [0.717, 1.165) is 0 Å². The van der Waals surface area contributed by atoms with Crippen LogP contribution in [0.3, 0.4) is 0 Å². The van der Waals surface area contributed by atoms with Gasteiger partial charge in [0.1, 0.15) is 17.7 Å². The number of aromatic amines is 1. The molecular weight excluding hydrogens is 197 g/mol. The molecule has 2 aromatic heterocycles. The topological polar surface area (TPSA) is 50.2 Å². The van der Waals surface area contributed by atoms with Gasteiger partial charge >= 0.3 is 0 Å². The minimum atomic E-state index is -0.350. The largest absolute Gasteiger partial charge is 0.310 e. The summed E-state index contributed by atoms with van der Waals surface area (Å²) in [6.07, 6.45) is 1.29. The van der Waals surface area contributed by atoms with Crippen LogP contribution in [0.15, 0.2) is 35.4 Å². The van der Waals surface area contributed by atoms with Crippen LogP contribution in [0.5, 0.6) is 0 Å². The molecule has 0 atom stereocenters. The third-order valence-electron chi connectivity index (χ3n) is 2.37. The Morgan fingerprint density at radius 3 is 3.07 bits per heavy atom. The van der Waals surface area contributed by atoms with Crippen molar-refractivity contribution in [2.24, 2.45) is 0 Å². The van der Waals surface area contributed by atoms with E-state index < -0.39 is 0 Å². The molecule has 2 heterocycles. The molecule has 0 aliphatic carbocycles. The summed E-state index contributed by atoms with van der Waals surface area (Å²) < 4.78 is 14.8. The molecule has 1 aromatic carbocycles. The number of fused-ring (bicyclic) bond motifs is 3. The molecule has 0 aliphatic rings. The number of halogens is 1. The monoisotopic (exact) mass is 203 g/mol. The minimum Gasteiger partial charge on any atom is -0.310 e. The zero-order valence-corrected chi connectivity index (χ0v) is 7.57. The van der Waals surface area contributed by atoms with E-state index in [0.29, 0.717) is 16.4 Å². The molecule has 5 heteroatoms. The smallest absolute Gasteiger partial charge is 0.275 e. The Hall–Kier alpha value is -2.17. The molecule has 0 saturated heterocycles. The number of nitrogens with zero attached hydrogens (tertiary/aromatic N) is 2. The van der Waals surface area contributed by atoms with Crippen molar-refractivity contribution in [1.82, 2.24) is 14.6 Å². The Kier molecular flexibility index (Phi) is 1.45. The highest BCUT2D eigenvalue weighted by Crippen LogP contribution is 2.19. The SMILES string of the molecule is O=c1[nH]cnn2c1cc1c(F)cccc12. The summed E-state index contributed by atoms with van der Waals surface area (Å²) in [5.41, 5.74) is 0.661. The van der Waals surface area contributed by atoms with Gasteiger partial charge in [0.15, 0.2) is 0 Å². The lowest BCUT2D eigenvalue weighted by Gasteiger charge is -1.93. The summed E-state index contributed by atoms with van der Waals surface area (Å²) in [6.45, 7) is 0. The van der Waals surface area contributed by atoms with Crippen LogP contribution in [0.2, 0.25) is 0 Å². The Bertz CT molecular complexity index is 713. The van der Waals surface area contributed by atoms with Crippen LogP contribution in [0.4, 0.5) is 4.39 Å². The number of benzene rings is 1. The first-order valence-electron chi connectivity index (χ1n) is 4.41. The summed E-state index contributed by atoms with van der Waals surface area (Å²) in [6, 6.07) is 6.16. The third kappa shape index (κ3) is 0.999. The standard InChI is InChI=1S/C10H6FN3O/c11-7-2-1-3-8-6(7)4-9-10(15)12-5-13-14(8)9/h1-5H,(H,12,13,15). The Morgan fingerprint density at radius 2 is 2.20 bits per heavy atom. The van der Waals surface area contributed by atoms with Gasteiger partial charge in [-0.15, -0.1) is 0 Å². The number of hydrogen-bond acceptors (Lipinski definition) is 2. The summed E-state index contributed by atoms with van der Waals surface area (Å²) in [4.78, 5) is 13.9. The first-order chi connectivity index (χ1) is 7.27. The van der Waals surface area contributed by atoms with Gasteiger partial charge in [-0.3, -0.25) is 4.79 Å². The van der Waals surface area contributed by atoms with Crippen molar-refractivity contribution >= 4 is 16.4 Å². The van der Waals surface area contributed by atoms with E-state index in [9.17, 15) is 9.18 Å². The first-order valence-corrected chi connectivity index (χ1v) is 4.41. The van der Waals surface area contributed by atoms with Gasteiger partial charge in [-0.2, -0.15) is 5.10 Å². The zero-order chi connectivity index (χ0) is 10.4. The number of nitrogens with one attached hydrogen (secondary N) is 1. The van der Waals surface area contributed by atoms with Crippen molar-refractivity contribution in [3.05, 3.63) is 46.8 Å². The quantitative estimate of drug-likeness (QED) is 0.599. The molecule has 0 unspecified atom stereocenters. The fraction of sp³-hybridized carbons (Fsp3) is 0. The summed E-state index contributed by atoms with van der Waals surface area (Å²) >= 11 is 0. The van der Waals surface area contributed by atoms with E-state index in [-0.39, 0.29) is 11.4 Å². The summed E-state index contributed by atoms with van der Waals surface area (Å²) in [7, 11) is 0. The highest BCUT2D eigenvalue weighted by Gasteiger charge is 2.08. The number of hydrogen-bond donors (Lipinski definition) is 1. The molecule has 0 bridgehead atoms. The molecule has 3 rings (SSSR count). The molecule has 0 spiro atoms. The summed E-state index contributed by atoms with van der Waals surface area (Å²) in [5, 5.41) is 4.37. The van der Waals surface area contributed by atoms with Crippen molar-refractivity contribution in [1.29, 1.82) is 0 Å². The molecule has 0 fully saturated rings. The van der Waals surface area contributed by atoms with Crippen LogP contribution in [-0.4, -0.2) is 14.6 Å². The second kappa shape index (κ2) is 2.66. The minimum absolute atomic E-state index is 0.277. The third-order valence-corrected chi connectivity index (χ3v) is 2.37. The van der Waals surface area contributed by atoms with Gasteiger partial charge in [0.2, 0.25) is 0 Å². The molecule has 3 aromatic rings. The molecule has 0 saturated carbocycles. The highest BCUT2D eigenvalue weighted by molar-refractivity contribution is 5.86. The lowest BCUT2D eigenvalue weighted by atomic mass is 10.2. The zero-order valence-electron chi connectivity index (χ0n) is 7.57. The van der Waals surface area contributed by atoms with E-state index in [4.69, 9.17) is 0 Å². The van der Waals surface area contributed by atoms with Gasteiger partial charge in [-0.05, 0) is 18.2 Å². The van der Waals surface area contributed by atoms with Gasteiger partial charge in [0.05, 0.1) is 5.52 Å². The van der Waals surface area contributed by atoms with Crippen molar-refractivity contribution in [2.45, 2.75) is 0 Å². The lowest BCUT2D eigenvalue weighted by molar-refractivity contribution is 0.640. The number of aromatic nitrogens is 3. The molecule has 4 nitrogen and oxygen atoms in total. The van der Waals surface area contributed by atoms with Crippen LogP contribution in [0.1, 0.15) is 0 Å². The maximum atomic E-state index is 13.4. The Labute approximate surface area is 83.0 Å². The second-order valence-electron chi connectivity index (χ2n) is 3.23. The molecule has 74 valence electrons. The first kappa shape index (κ1) is 8.16. The van der Waals surface area contributed by atoms with Gasteiger partial charge in [-0.25, -0.2) is 8.91 Å². The molecule has 0 aliphatic heterocycles. The van der Waals surface area contributed by atoms with Crippen molar-refractivity contribution in [2.75, 3.05) is 0 Å². The predicted molar refractivity (Wildman–Crippen MR) is 53.3 cm³/mol. The van der Waals surface area contributed by atoms with Gasteiger partial charge in [0, 0.05) is 5.39 Å². The van der Waals surface area contributed by atoms with E-state index in [2.05, 4.69) is 10.1 Å². The van der Waals surface area contributed by atoms with Crippen molar-refractivity contribution in [3.63, 3.8) is 0 Å². The normalized spacial score (nSPS) is 11.3. The molecule has 0 amide bonds. The Balaban J connectivity index is 2.69. The predicted octanol–water partition coefficient (Wildman–Crippen LogP) is 1.31. The van der Waals surface area contributed by atoms with Crippen molar-refractivity contribution in [3.8, 4) is 0 Å². The maximum absolute atomic E-state index is 13.4. The highest BCUT2D eigenvalue weighted by atomic mass is 19.1. The lowest BCUT2D eigenvalue weighted by Crippen LogP contribution is -2.09. The molecule has 15 heavy (non-hydrogen) atoms. The fourth-order valence-corrected chi connectivity index (χ4v) is 1.69. The van der Waals surface area contributed by atoms with E-state index in [1.165, 1.54) is 23.0 Å². The average Bonchev–Trinajstić information content (AvgIpc) is 2.60. The van der Waals surface area contributed by atoms with Gasteiger partial charge in [-0.1, -0.05) is 6.07 Å². The van der Waals surface area contributed by atoms with Gasteiger partial charge < -0.3 is 4.98 Å². The van der Waals surface area contributed by atoms with Crippen molar-refractivity contribution < 1.29 is 4.39 Å². The van der Waals surface area contributed by atoms with E-state index >= 15 is 0 Å². The van der Waals surface area contributed by atoms with Gasteiger partial charge in [0.25, 0.3) is 5.56 Å². The van der Waals surface area contributed by atoms with Crippen LogP contribution in [0.25, 0.3) is 16.4 Å². The summed E-state index contributed by atoms with van der Waals surface area (Å²) in [5.74, 6) is -0.350. The fourth-order valence-electron chi connectivity index (χ4n) is 1.69. The maximum Gasteiger partial charge on any atom is 0.275 e. The average molecular weight is 203 g/mol. The van der Waals surface area contributed by atoms with E-state index in [1.54, 1.807) is 12.1 Å². The second-order valence-corrected chi connectivity index (χ2v) is 3.23. The molecular formula is C10H6FN3O. The Morgan fingerprint density at radius 1 is 1.33 bits per heavy atom. The number of rotatable bonds is 0. The number of H-pyrrole nitrogens is 1. The van der Waals surface area contributed by atoms with Crippen LogP contribution in [0, 0.1) is 5.82 Å². The van der Waals surface area contributed by atoms with Crippen LogP contribution >= 0.6 is 0 Å². The van der Waals surface area contributed by atoms with Crippen LogP contribution in [-0.2, 0) is 0 Å². The van der Waals surface area contributed by atoms with Crippen LogP contribution < -0.4 is 5.56 Å². The molecule has 1 N–H and O–H groups in total.